The van der Waals surface area contributed by atoms with E-state index in [1.807, 2.05) is 38.1 Å². The van der Waals surface area contributed by atoms with E-state index in [0.717, 1.165) is 43.0 Å². The maximum atomic E-state index is 12.4. The molecule has 0 bridgehead atoms. The molecule has 0 unspecified atom stereocenters. The van der Waals surface area contributed by atoms with Gasteiger partial charge in [0, 0.05) is 24.2 Å². The van der Waals surface area contributed by atoms with Crippen LogP contribution in [0.15, 0.2) is 24.3 Å². The Labute approximate surface area is 158 Å². The van der Waals surface area contributed by atoms with Gasteiger partial charge in [0.2, 0.25) is 5.91 Å². The van der Waals surface area contributed by atoms with Crippen LogP contribution < -0.4 is 16.4 Å². The quantitative estimate of drug-likeness (QED) is 0.749. The van der Waals surface area contributed by atoms with Crippen LogP contribution in [-0.2, 0) is 17.8 Å². The molecule has 8 nitrogen and oxygen atoms in total. The van der Waals surface area contributed by atoms with Crippen LogP contribution in [0.1, 0.15) is 38.9 Å². The van der Waals surface area contributed by atoms with Crippen molar-refractivity contribution in [3.63, 3.8) is 0 Å². The molecule has 0 aliphatic carbocycles. The van der Waals surface area contributed by atoms with Gasteiger partial charge in [0.1, 0.15) is 11.9 Å². The Hall–Kier alpha value is -2.90. The summed E-state index contributed by atoms with van der Waals surface area (Å²) < 4.78 is 2.19. The first kappa shape index (κ1) is 18.9. The molecule has 0 saturated carbocycles. The summed E-state index contributed by atoms with van der Waals surface area (Å²) >= 11 is 0. The van der Waals surface area contributed by atoms with Gasteiger partial charge in [0.05, 0.1) is 0 Å². The summed E-state index contributed by atoms with van der Waals surface area (Å²) in [6.45, 7) is 4.63. The highest BCUT2D eigenvalue weighted by Gasteiger charge is 2.23. The van der Waals surface area contributed by atoms with E-state index in [-0.39, 0.29) is 11.8 Å². The molecule has 0 saturated heterocycles. The molecule has 27 heavy (non-hydrogen) atoms. The van der Waals surface area contributed by atoms with E-state index in [2.05, 4.69) is 25.4 Å². The lowest BCUT2D eigenvalue weighted by molar-refractivity contribution is -0.118. The number of carbonyl (C=O) groups is 2. The second kappa shape index (κ2) is 8.20. The number of amides is 3. The van der Waals surface area contributed by atoms with Crippen LogP contribution in [0.2, 0.25) is 0 Å². The van der Waals surface area contributed by atoms with Crippen molar-refractivity contribution in [1.29, 1.82) is 0 Å². The second-order valence-corrected chi connectivity index (χ2v) is 7.20. The monoisotopic (exact) mass is 370 g/mol. The molecule has 1 aliphatic heterocycles. The number of rotatable bonds is 5. The Kier molecular flexibility index (Phi) is 5.73. The van der Waals surface area contributed by atoms with Gasteiger partial charge in [0.15, 0.2) is 5.82 Å². The zero-order chi connectivity index (χ0) is 19.4. The molecule has 1 atom stereocenters. The molecular weight excluding hydrogens is 344 g/mol. The molecule has 8 heteroatoms. The molecule has 3 rings (SSSR count). The van der Waals surface area contributed by atoms with Gasteiger partial charge >= 0.3 is 6.03 Å². The van der Waals surface area contributed by atoms with Crippen LogP contribution in [-0.4, -0.2) is 32.7 Å². The maximum absolute atomic E-state index is 12.4. The topological polar surface area (TPSA) is 115 Å². The molecular formula is C19H26N6O2. The van der Waals surface area contributed by atoms with Gasteiger partial charge in [-0.2, -0.15) is 0 Å². The van der Waals surface area contributed by atoms with Gasteiger partial charge in [-0.15, -0.1) is 10.2 Å². The third-order valence-electron chi connectivity index (χ3n) is 4.77. The first-order valence-corrected chi connectivity index (χ1v) is 9.35. The normalized spacial score (nSPS) is 14.9. The van der Waals surface area contributed by atoms with Gasteiger partial charge in [0.25, 0.3) is 0 Å². The fourth-order valence-electron chi connectivity index (χ4n) is 3.31. The summed E-state index contributed by atoms with van der Waals surface area (Å²) in [5, 5.41) is 14.0. The van der Waals surface area contributed by atoms with E-state index < -0.39 is 12.1 Å². The minimum absolute atomic E-state index is 0.0803. The highest BCUT2D eigenvalue weighted by atomic mass is 16.2. The fourth-order valence-corrected chi connectivity index (χ4v) is 3.31. The van der Waals surface area contributed by atoms with E-state index in [4.69, 9.17) is 5.73 Å². The Balaban J connectivity index is 1.73. The zero-order valence-electron chi connectivity index (χ0n) is 15.7. The summed E-state index contributed by atoms with van der Waals surface area (Å²) in [6.07, 6.45) is 4.46. The third kappa shape index (κ3) is 4.45. The Morgan fingerprint density at radius 1 is 1.11 bits per heavy atom. The zero-order valence-corrected chi connectivity index (χ0v) is 15.7. The van der Waals surface area contributed by atoms with Crippen LogP contribution in [0.4, 0.5) is 10.5 Å². The molecule has 2 heterocycles. The van der Waals surface area contributed by atoms with Gasteiger partial charge in [-0.25, -0.2) is 4.79 Å². The highest BCUT2D eigenvalue weighted by molar-refractivity contribution is 5.97. The SMILES string of the molecule is CC(C)[C@H](NC(N)=O)C(=O)Nc1ccc(-c2nnc3n2CCCCC3)cc1. The number of fused-ring (bicyclic) bond motifs is 1. The fraction of sp³-hybridized carbons (Fsp3) is 0.474. The molecule has 1 aromatic carbocycles. The standard InChI is InChI=1S/C19H26N6O2/c1-12(2)16(22-19(20)27)18(26)21-14-9-7-13(8-10-14)17-24-23-15-6-4-3-5-11-25(15)17/h7-10,12,16H,3-6,11H2,1-2H3,(H,21,26)(H3,20,22,27)/t16-/m0/s1. The summed E-state index contributed by atoms with van der Waals surface area (Å²) in [4.78, 5) is 23.5. The predicted octanol–water partition coefficient (Wildman–Crippen LogP) is 2.30. The summed E-state index contributed by atoms with van der Waals surface area (Å²) in [5.74, 6) is 1.52. The van der Waals surface area contributed by atoms with Crippen molar-refractivity contribution in [3.05, 3.63) is 30.1 Å². The van der Waals surface area contributed by atoms with Gasteiger partial charge in [-0.05, 0) is 43.0 Å². The minimum atomic E-state index is -0.716. The Morgan fingerprint density at radius 2 is 1.85 bits per heavy atom. The van der Waals surface area contributed by atoms with E-state index in [0.29, 0.717) is 5.69 Å². The number of primary amides is 1. The molecule has 0 radical (unpaired) electrons. The van der Waals surface area contributed by atoms with Crippen LogP contribution in [0.25, 0.3) is 11.4 Å². The van der Waals surface area contributed by atoms with Crippen molar-refractivity contribution in [1.82, 2.24) is 20.1 Å². The average Bonchev–Trinajstić information content (AvgIpc) is 2.88. The number of nitrogens with zero attached hydrogens (tertiary/aromatic N) is 3. The van der Waals surface area contributed by atoms with Crippen molar-refractivity contribution < 1.29 is 9.59 Å². The molecule has 0 spiro atoms. The molecule has 3 amide bonds. The van der Waals surface area contributed by atoms with Crippen molar-refractivity contribution in [2.24, 2.45) is 11.7 Å². The lowest BCUT2D eigenvalue weighted by Crippen LogP contribution is -2.49. The second-order valence-electron chi connectivity index (χ2n) is 7.20. The van der Waals surface area contributed by atoms with Gasteiger partial charge < -0.3 is 20.9 Å². The lowest BCUT2D eigenvalue weighted by Gasteiger charge is -2.20. The highest BCUT2D eigenvalue weighted by Crippen LogP contribution is 2.24. The number of aromatic nitrogens is 3. The lowest BCUT2D eigenvalue weighted by atomic mass is 10.0. The Bertz CT molecular complexity index is 812. The first-order valence-electron chi connectivity index (χ1n) is 9.35. The number of aryl methyl sites for hydroxylation is 1. The third-order valence-corrected chi connectivity index (χ3v) is 4.77. The number of hydrogen-bond acceptors (Lipinski definition) is 4. The van der Waals surface area contributed by atoms with Crippen LogP contribution in [0, 0.1) is 5.92 Å². The molecule has 2 aromatic rings. The minimum Gasteiger partial charge on any atom is -0.352 e. The van der Waals surface area contributed by atoms with Crippen molar-refractivity contribution in [2.45, 2.75) is 52.1 Å². The van der Waals surface area contributed by atoms with Gasteiger partial charge in [-0.3, -0.25) is 4.79 Å². The number of carbonyl (C=O) groups excluding carboxylic acids is 2. The molecule has 1 aromatic heterocycles. The molecule has 144 valence electrons. The predicted molar refractivity (Wildman–Crippen MR) is 103 cm³/mol. The van der Waals surface area contributed by atoms with E-state index in [9.17, 15) is 9.59 Å². The maximum Gasteiger partial charge on any atom is 0.312 e. The average molecular weight is 370 g/mol. The molecule has 1 aliphatic rings. The summed E-state index contributed by atoms with van der Waals surface area (Å²) in [6, 6.07) is 6.09. The van der Waals surface area contributed by atoms with E-state index in [1.165, 1.54) is 6.42 Å². The summed E-state index contributed by atoms with van der Waals surface area (Å²) in [7, 11) is 0. The number of urea groups is 1. The molecule has 4 N–H and O–H groups in total. The first-order chi connectivity index (χ1) is 13.0. The Morgan fingerprint density at radius 3 is 2.52 bits per heavy atom. The number of hydrogen-bond donors (Lipinski definition) is 3. The molecule has 0 fully saturated rings. The van der Waals surface area contributed by atoms with Crippen LogP contribution in [0.5, 0.6) is 0 Å². The number of benzene rings is 1. The van der Waals surface area contributed by atoms with Crippen LogP contribution in [0.3, 0.4) is 0 Å². The van der Waals surface area contributed by atoms with Crippen molar-refractivity contribution in [3.8, 4) is 11.4 Å². The summed E-state index contributed by atoms with van der Waals surface area (Å²) in [5.41, 5.74) is 6.77. The largest absolute Gasteiger partial charge is 0.352 e. The van der Waals surface area contributed by atoms with E-state index >= 15 is 0 Å². The van der Waals surface area contributed by atoms with E-state index in [1.54, 1.807) is 0 Å². The number of anilines is 1. The van der Waals surface area contributed by atoms with Crippen molar-refractivity contribution >= 4 is 17.6 Å². The number of nitrogens with two attached hydrogens (primary N) is 1. The smallest absolute Gasteiger partial charge is 0.312 e. The van der Waals surface area contributed by atoms with Gasteiger partial charge in [-0.1, -0.05) is 20.3 Å². The number of nitrogens with one attached hydrogen (secondary N) is 2. The van der Waals surface area contributed by atoms with Crippen molar-refractivity contribution in [2.75, 3.05) is 5.32 Å². The van der Waals surface area contributed by atoms with Crippen LogP contribution >= 0.6 is 0 Å².